The predicted octanol–water partition coefficient (Wildman–Crippen LogP) is -0.447. The topological polar surface area (TPSA) is 39.7 Å². The van der Waals surface area contributed by atoms with Gasteiger partial charge in [-0.2, -0.15) is 0 Å². The van der Waals surface area contributed by atoms with Gasteiger partial charge >= 0.3 is 0 Å². The fourth-order valence-electron chi connectivity index (χ4n) is 0.945. The molecule has 1 fully saturated rings. The molecule has 0 aliphatic carbocycles. The fraction of sp³-hybridized carbons (Fsp3) is 1.00. The minimum Gasteiger partial charge on any atom is -0.330 e. The van der Waals surface area contributed by atoms with Crippen molar-refractivity contribution in [3.63, 3.8) is 0 Å². The molecular formula is C6H13NO3. The Morgan fingerprint density at radius 2 is 2.10 bits per heavy atom. The molecule has 0 spiro atoms. The lowest BCUT2D eigenvalue weighted by Gasteiger charge is -2.24. The second kappa shape index (κ2) is 3.30. The van der Waals surface area contributed by atoms with E-state index in [-0.39, 0.29) is 0 Å². The number of likely N-dealkylation sites (N-methyl/N-ethyl adjacent to an activating group) is 1. The molecule has 0 saturated carbocycles. The average molecular weight is 147 g/mol. The third kappa shape index (κ3) is 1.46. The van der Waals surface area contributed by atoms with Gasteiger partial charge in [0.2, 0.25) is 0 Å². The summed E-state index contributed by atoms with van der Waals surface area (Å²) < 4.78 is 15.5. The van der Waals surface area contributed by atoms with Gasteiger partial charge in [0.15, 0.2) is 0 Å². The number of hydrogen-bond acceptors (Lipinski definition) is 4. The van der Waals surface area contributed by atoms with Crippen LogP contribution in [-0.2, 0) is 14.2 Å². The highest BCUT2D eigenvalue weighted by molar-refractivity contribution is 4.64. The van der Waals surface area contributed by atoms with Gasteiger partial charge < -0.3 is 19.5 Å². The molecule has 1 saturated heterocycles. The van der Waals surface area contributed by atoms with E-state index in [1.54, 1.807) is 7.11 Å². The van der Waals surface area contributed by atoms with E-state index < -0.39 is 5.97 Å². The van der Waals surface area contributed by atoms with Crippen LogP contribution < -0.4 is 5.32 Å². The summed E-state index contributed by atoms with van der Waals surface area (Å²) >= 11 is 0. The van der Waals surface area contributed by atoms with Crippen molar-refractivity contribution in [2.45, 2.75) is 5.97 Å². The quantitative estimate of drug-likeness (QED) is 0.587. The van der Waals surface area contributed by atoms with Gasteiger partial charge in [-0.1, -0.05) is 0 Å². The van der Waals surface area contributed by atoms with Crippen LogP contribution >= 0.6 is 0 Å². The summed E-state index contributed by atoms with van der Waals surface area (Å²) in [6.45, 7) is 1.77. The Balaban J connectivity index is 2.41. The highest BCUT2D eigenvalue weighted by Crippen LogP contribution is 2.18. The number of hydrogen-bond donors (Lipinski definition) is 1. The Bertz CT molecular complexity index is 101. The van der Waals surface area contributed by atoms with Crippen LogP contribution in [0.5, 0.6) is 0 Å². The zero-order valence-corrected chi connectivity index (χ0v) is 6.35. The first kappa shape index (κ1) is 7.94. The molecule has 0 amide bonds. The second-order valence-electron chi connectivity index (χ2n) is 2.11. The molecule has 1 N–H and O–H groups in total. The molecule has 60 valence electrons. The first-order chi connectivity index (χ1) is 4.83. The summed E-state index contributed by atoms with van der Waals surface area (Å²) in [6, 6.07) is 0. The van der Waals surface area contributed by atoms with Crippen LogP contribution in [0.4, 0.5) is 0 Å². The predicted molar refractivity (Wildman–Crippen MR) is 35.6 cm³/mol. The van der Waals surface area contributed by atoms with Crippen molar-refractivity contribution in [2.75, 3.05) is 33.9 Å². The molecule has 0 aromatic carbocycles. The molecule has 4 nitrogen and oxygen atoms in total. The lowest BCUT2D eigenvalue weighted by atomic mass is 10.5. The zero-order valence-electron chi connectivity index (χ0n) is 6.35. The Labute approximate surface area is 60.4 Å². The van der Waals surface area contributed by atoms with Crippen LogP contribution in [0.25, 0.3) is 0 Å². The number of methoxy groups -OCH3 is 1. The van der Waals surface area contributed by atoms with Gasteiger partial charge in [0.1, 0.15) is 0 Å². The zero-order chi connectivity index (χ0) is 7.45. The molecule has 1 aliphatic rings. The lowest BCUT2D eigenvalue weighted by Crippen LogP contribution is -2.42. The van der Waals surface area contributed by atoms with Crippen LogP contribution in [0.1, 0.15) is 0 Å². The molecule has 4 heteroatoms. The Morgan fingerprint density at radius 1 is 1.50 bits per heavy atom. The van der Waals surface area contributed by atoms with Crippen molar-refractivity contribution in [3.05, 3.63) is 0 Å². The van der Waals surface area contributed by atoms with E-state index in [9.17, 15) is 0 Å². The standard InChI is InChI=1S/C6H13NO3/c1-7-5-6(8-2)9-3-4-10-6/h7H,3-5H2,1-2H3. The van der Waals surface area contributed by atoms with Gasteiger partial charge in [0, 0.05) is 7.11 Å². The maximum absolute atomic E-state index is 5.22. The summed E-state index contributed by atoms with van der Waals surface area (Å²) in [7, 11) is 3.40. The van der Waals surface area contributed by atoms with Crippen LogP contribution in [0, 0.1) is 0 Å². The van der Waals surface area contributed by atoms with Crippen LogP contribution in [0.15, 0.2) is 0 Å². The van der Waals surface area contributed by atoms with Crippen molar-refractivity contribution in [1.29, 1.82) is 0 Å². The molecule has 10 heavy (non-hydrogen) atoms. The molecule has 0 aromatic rings. The Morgan fingerprint density at radius 3 is 2.50 bits per heavy atom. The normalized spacial score (nSPS) is 23.4. The summed E-state index contributed by atoms with van der Waals surface area (Å²) in [4.78, 5) is 0. The average Bonchev–Trinajstić information content (AvgIpc) is 2.39. The lowest BCUT2D eigenvalue weighted by molar-refractivity contribution is -0.314. The molecule has 0 radical (unpaired) electrons. The van der Waals surface area contributed by atoms with Crippen LogP contribution in [0.3, 0.4) is 0 Å². The molecule has 0 aromatic heterocycles. The van der Waals surface area contributed by atoms with Crippen molar-refractivity contribution in [2.24, 2.45) is 0 Å². The second-order valence-corrected chi connectivity index (χ2v) is 2.11. The van der Waals surface area contributed by atoms with E-state index in [0.29, 0.717) is 19.8 Å². The smallest absolute Gasteiger partial charge is 0.296 e. The largest absolute Gasteiger partial charge is 0.330 e. The minimum absolute atomic E-state index is 0.559. The summed E-state index contributed by atoms with van der Waals surface area (Å²) in [5, 5.41) is 2.93. The fourth-order valence-corrected chi connectivity index (χ4v) is 0.945. The number of nitrogens with one attached hydrogen (secondary N) is 1. The molecule has 0 bridgehead atoms. The van der Waals surface area contributed by atoms with Crippen molar-refractivity contribution < 1.29 is 14.2 Å². The molecule has 0 atom stereocenters. The summed E-state index contributed by atoms with van der Waals surface area (Å²) in [6.07, 6.45) is 0. The highest BCUT2D eigenvalue weighted by Gasteiger charge is 2.35. The molecular weight excluding hydrogens is 134 g/mol. The van der Waals surface area contributed by atoms with E-state index in [0.717, 1.165) is 0 Å². The molecule has 0 unspecified atom stereocenters. The van der Waals surface area contributed by atoms with Gasteiger partial charge in [0.25, 0.3) is 5.97 Å². The summed E-state index contributed by atoms with van der Waals surface area (Å²) in [5.74, 6) is -0.825. The Hall–Kier alpha value is -0.160. The first-order valence-corrected chi connectivity index (χ1v) is 3.31. The number of ether oxygens (including phenoxy) is 3. The van der Waals surface area contributed by atoms with E-state index in [1.807, 2.05) is 7.05 Å². The van der Waals surface area contributed by atoms with Crippen LogP contribution in [-0.4, -0.2) is 39.9 Å². The van der Waals surface area contributed by atoms with Gasteiger partial charge in [-0.3, -0.25) is 0 Å². The van der Waals surface area contributed by atoms with E-state index in [1.165, 1.54) is 0 Å². The molecule has 1 aliphatic heterocycles. The van der Waals surface area contributed by atoms with Gasteiger partial charge in [-0.05, 0) is 7.05 Å². The highest BCUT2D eigenvalue weighted by atomic mass is 16.9. The van der Waals surface area contributed by atoms with Crippen LogP contribution in [0.2, 0.25) is 0 Å². The van der Waals surface area contributed by atoms with Gasteiger partial charge in [-0.15, -0.1) is 0 Å². The Kier molecular flexibility index (Phi) is 2.62. The third-order valence-electron chi connectivity index (χ3n) is 1.43. The SMILES string of the molecule is CNCC1(OC)OCCO1. The van der Waals surface area contributed by atoms with Gasteiger partial charge in [0.05, 0.1) is 19.8 Å². The van der Waals surface area contributed by atoms with Crippen molar-refractivity contribution in [1.82, 2.24) is 5.32 Å². The number of rotatable bonds is 3. The third-order valence-corrected chi connectivity index (χ3v) is 1.43. The van der Waals surface area contributed by atoms with Crippen molar-refractivity contribution in [3.8, 4) is 0 Å². The van der Waals surface area contributed by atoms with Crippen molar-refractivity contribution >= 4 is 0 Å². The van der Waals surface area contributed by atoms with E-state index >= 15 is 0 Å². The monoisotopic (exact) mass is 147 g/mol. The maximum Gasteiger partial charge on any atom is 0.296 e. The summed E-state index contributed by atoms with van der Waals surface area (Å²) in [5.41, 5.74) is 0. The minimum atomic E-state index is -0.825. The maximum atomic E-state index is 5.22. The van der Waals surface area contributed by atoms with E-state index in [2.05, 4.69) is 5.32 Å². The molecule has 1 rings (SSSR count). The van der Waals surface area contributed by atoms with E-state index in [4.69, 9.17) is 14.2 Å². The first-order valence-electron chi connectivity index (χ1n) is 3.31. The molecule has 1 heterocycles. The van der Waals surface area contributed by atoms with Gasteiger partial charge in [-0.25, -0.2) is 0 Å².